The molecule has 0 fully saturated rings. The Kier molecular flexibility index (Phi) is 4.09. The van der Waals surface area contributed by atoms with Crippen molar-refractivity contribution in [3.05, 3.63) is 41.1 Å². The van der Waals surface area contributed by atoms with Gasteiger partial charge in [0.05, 0.1) is 5.69 Å². The summed E-state index contributed by atoms with van der Waals surface area (Å²) < 4.78 is 1.96. The van der Waals surface area contributed by atoms with Crippen LogP contribution >= 0.6 is 11.8 Å². The fraction of sp³-hybridized carbons (Fsp3) is 0.357. The van der Waals surface area contributed by atoms with Gasteiger partial charge in [0.1, 0.15) is 5.03 Å². The van der Waals surface area contributed by atoms with Gasteiger partial charge in [-0.15, -0.1) is 0 Å². The minimum Gasteiger partial charge on any atom is -0.316 e. The third kappa shape index (κ3) is 2.76. The van der Waals surface area contributed by atoms with E-state index in [0.717, 1.165) is 12.2 Å². The van der Waals surface area contributed by atoms with Gasteiger partial charge in [0.25, 0.3) is 0 Å². The van der Waals surface area contributed by atoms with Crippen molar-refractivity contribution in [3.8, 4) is 0 Å². The maximum atomic E-state index is 4.50. The van der Waals surface area contributed by atoms with Gasteiger partial charge in [0.15, 0.2) is 0 Å². The van der Waals surface area contributed by atoms with Crippen molar-refractivity contribution in [2.24, 2.45) is 7.05 Å². The Bertz CT molecular complexity index is 529. The third-order valence-electron chi connectivity index (χ3n) is 2.88. The van der Waals surface area contributed by atoms with Crippen LogP contribution in [-0.4, -0.2) is 16.8 Å². The molecular weight excluding hydrogens is 242 g/mol. The van der Waals surface area contributed by atoms with Crippen LogP contribution in [0, 0.1) is 13.8 Å². The second-order valence-corrected chi connectivity index (χ2v) is 5.50. The summed E-state index contributed by atoms with van der Waals surface area (Å²) in [5, 5.41) is 8.92. The van der Waals surface area contributed by atoms with Crippen molar-refractivity contribution in [2.75, 3.05) is 7.05 Å². The monoisotopic (exact) mass is 261 g/mol. The number of nitrogens with zero attached hydrogens (tertiary/aromatic N) is 2. The quantitative estimate of drug-likeness (QED) is 0.918. The van der Waals surface area contributed by atoms with E-state index in [1.165, 1.54) is 21.0 Å². The summed E-state index contributed by atoms with van der Waals surface area (Å²) in [6.07, 6.45) is 0. The fourth-order valence-corrected chi connectivity index (χ4v) is 2.92. The van der Waals surface area contributed by atoms with E-state index >= 15 is 0 Å². The first-order valence-corrected chi connectivity index (χ1v) is 6.85. The van der Waals surface area contributed by atoms with Crippen molar-refractivity contribution in [3.63, 3.8) is 0 Å². The van der Waals surface area contributed by atoms with Crippen molar-refractivity contribution < 1.29 is 0 Å². The Hall–Kier alpha value is -1.26. The lowest BCUT2D eigenvalue weighted by Gasteiger charge is -2.06. The van der Waals surface area contributed by atoms with E-state index in [0.29, 0.717) is 0 Å². The molecule has 1 aromatic heterocycles. The molecule has 0 bridgehead atoms. The molecule has 0 saturated carbocycles. The number of rotatable bonds is 4. The summed E-state index contributed by atoms with van der Waals surface area (Å²) in [7, 11) is 3.97. The first kappa shape index (κ1) is 13.2. The van der Waals surface area contributed by atoms with Gasteiger partial charge in [-0.1, -0.05) is 29.5 Å². The normalized spacial score (nSPS) is 10.9. The summed E-state index contributed by atoms with van der Waals surface area (Å²) in [5.41, 5.74) is 3.67. The maximum Gasteiger partial charge on any atom is 0.103 e. The predicted octanol–water partition coefficient (Wildman–Crippen LogP) is 2.91. The van der Waals surface area contributed by atoms with Crippen LogP contribution in [0.15, 0.2) is 34.2 Å². The summed E-state index contributed by atoms with van der Waals surface area (Å²) in [5.74, 6) is 0. The van der Waals surface area contributed by atoms with Crippen molar-refractivity contribution in [2.45, 2.75) is 30.3 Å². The van der Waals surface area contributed by atoms with E-state index in [1.54, 1.807) is 11.8 Å². The molecule has 2 rings (SSSR count). The Balaban J connectivity index is 2.30. The molecule has 3 nitrogen and oxygen atoms in total. The molecule has 0 saturated heterocycles. The molecule has 0 atom stereocenters. The molecule has 0 aliphatic carbocycles. The molecule has 0 aliphatic heterocycles. The van der Waals surface area contributed by atoms with E-state index in [9.17, 15) is 0 Å². The van der Waals surface area contributed by atoms with Crippen LogP contribution in [0.25, 0.3) is 0 Å². The molecule has 0 unspecified atom stereocenters. The summed E-state index contributed by atoms with van der Waals surface area (Å²) in [6, 6.07) is 8.60. The van der Waals surface area contributed by atoms with Gasteiger partial charge in [-0.2, -0.15) is 5.10 Å². The van der Waals surface area contributed by atoms with Crippen molar-refractivity contribution >= 4 is 11.8 Å². The van der Waals surface area contributed by atoms with E-state index in [4.69, 9.17) is 0 Å². The highest BCUT2D eigenvalue weighted by molar-refractivity contribution is 7.99. The highest BCUT2D eigenvalue weighted by atomic mass is 32.2. The molecule has 0 radical (unpaired) electrons. The Morgan fingerprint density at radius 3 is 2.50 bits per heavy atom. The minimum atomic E-state index is 0.855. The second kappa shape index (κ2) is 5.59. The standard InChI is InChI=1S/C14H19N3S/c1-10-5-7-12(8-6-10)18-14-13(9-15-3)11(2)16-17(14)4/h5-8,15H,9H2,1-4H3. The fourth-order valence-electron chi connectivity index (χ4n) is 1.91. The summed E-state index contributed by atoms with van der Waals surface area (Å²) in [6.45, 7) is 5.02. The van der Waals surface area contributed by atoms with Gasteiger partial charge >= 0.3 is 0 Å². The zero-order chi connectivity index (χ0) is 13.1. The molecule has 0 amide bonds. The van der Waals surface area contributed by atoms with Gasteiger partial charge < -0.3 is 5.32 Å². The summed E-state index contributed by atoms with van der Waals surface area (Å²) >= 11 is 1.77. The molecule has 1 aromatic carbocycles. The van der Waals surface area contributed by atoms with E-state index in [1.807, 2.05) is 18.8 Å². The molecule has 96 valence electrons. The number of aryl methyl sites for hydroxylation is 3. The Morgan fingerprint density at radius 1 is 1.22 bits per heavy atom. The zero-order valence-electron chi connectivity index (χ0n) is 11.3. The predicted molar refractivity (Wildman–Crippen MR) is 76.0 cm³/mol. The lowest BCUT2D eigenvalue weighted by molar-refractivity contribution is 0.684. The van der Waals surface area contributed by atoms with Crippen LogP contribution in [0.5, 0.6) is 0 Å². The van der Waals surface area contributed by atoms with Crippen LogP contribution in [0.4, 0.5) is 0 Å². The zero-order valence-corrected chi connectivity index (χ0v) is 12.1. The molecule has 2 aromatic rings. The van der Waals surface area contributed by atoms with Crippen LogP contribution < -0.4 is 5.32 Å². The van der Waals surface area contributed by atoms with E-state index in [-0.39, 0.29) is 0 Å². The lowest BCUT2D eigenvalue weighted by Crippen LogP contribution is -2.06. The van der Waals surface area contributed by atoms with Crippen molar-refractivity contribution in [1.29, 1.82) is 0 Å². The molecular formula is C14H19N3S. The summed E-state index contributed by atoms with van der Waals surface area (Å²) in [4.78, 5) is 1.25. The average molecular weight is 261 g/mol. The Morgan fingerprint density at radius 2 is 1.89 bits per heavy atom. The number of aromatic nitrogens is 2. The number of hydrogen-bond acceptors (Lipinski definition) is 3. The number of benzene rings is 1. The molecule has 0 spiro atoms. The second-order valence-electron chi connectivity index (χ2n) is 4.44. The van der Waals surface area contributed by atoms with Gasteiger partial charge in [-0.3, -0.25) is 4.68 Å². The smallest absolute Gasteiger partial charge is 0.103 e. The highest BCUT2D eigenvalue weighted by Crippen LogP contribution is 2.31. The maximum absolute atomic E-state index is 4.50. The molecule has 18 heavy (non-hydrogen) atoms. The molecule has 4 heteroatoms. The van der Waals surface area contributed by atoms with Gasteiger partial charge in [-0.05, 0) is 33.0 Å². The van der Waals surface area contributed by atoms with Crippen LogP contribution in [0.1, 0.15) is 16.8 Å². The third-order valence-corrected chi connectivity index (χ3v) is 4.09. The highest BCUT2D eigenvalue weighted by Gasteiger charge is 2.13. The number of hydrogen-bond donors (Lipinski definition) is 1. The van der Waals surface area contributed by atoms with Crippen LogP contribution in [0.2, 0.25) is 0 Å². The molecule has 1 heterocycles. The number of nitrogens with one attached hydrogen (secondary N) is 1. The van der Waals surface area contributed by atoms with Crippen LogP contribution in [-0.2, 0) is 13.6 Å². The Labute approximate surface area is 113 Å². The van der Waals surface area contributed by atoms with Gasteiger partial charge in [-0.25, -0.2) is 0 Å². The molecule has 1 N–H and O–H groups in total. The first-order valence-electron chi connectivity index (χ1n) is 6.03. The first-order chi connectivity index (χ1) is 8.61. The minimum absolute atomic E-state index is 0.855. The van der Waals surface area contributed by atoms with Gasteiger partial charge in [0, 0.05) is 24.1 Å². The van der Waals surface area contributed by atoms with Gasteiger partial charge in [0.2, 0.25) is 0 Å². The van der Waals surface area contributed by atoms with E-state index in [2.05, 4.69) is 48.5 Å². The van der Waals surface area contributed by atoms with Crippen molar-refractivity contribution in [1.82, 2.24) is 15.1 Å². The van der Waals surface area contributed by atoms with Crippen LogP contribution in [0.3, 0.4) is 0 Å². The average Bonchev–Trinajstić information content (AvgIpc) is 2.59. The lowest BCUT2D eigenvalue weighted by atomic mass is 10.2. The molecule has 0 aliphatic rings. The topological polar surface area (TPSA) is 29.9 Å². The SMILES string of the molecule is CNCc1c(C)nn(C)c1Sc1ccc(C)cc1. The largest absolute Gasteiger partial charge is 0.316 e. The van der Waals surface area contributed by atoms with E-state index < -0.39 is 0 Å².